The lowest BCUT2D eigenvalue weighted by Gasteiger charge is -2.38. The van der Waals surface area contributed by atoms with Gasteiger partial charge in [0.1, 0.15) is 12.7 Å². The Balaban J connectivity index is 1.86. The van der Waals surface area contributed by atoms with E-state index < -0.39 is 0 Å². The average molecular weight is 300 g/mol. The van der Waals surface area contributed by atoms with Crippen LogP contribution in [0.4, 0.5) is 0 Å². The zero-order chi connectivity index (χ0) is 15.5. The maximum absolute atomic E-state index is 12.8. The van der Waals surface area contributed by atoms with Crippen LogP contribution in [-0.2, 0) is 0 Å². The Morgan fingerprint density at radius 2 is 2.32 bits per heavy atom. The lowest BCUT2D eigenvalue weighted by atomic mass is 9.96. The van der Waals surface area contributed by atoms with E-state index in [9.17, 15) is 4.79 Å². The second kappa shape index (κ2) is 6.23. The summed E-state index contributed by atoms with van der Waals surface area (Å²) in [5.41, 5.74) is 6.66. The summed E-state index contributed by atoms with van der Waals surface area (Å²) in [6.45, 7) is 2.72. The Kier molecular flexibility index (Phi) is 4.15. The monoisotopic (exact) mass is 300 g/mol. The minimum Gasteiger partial charge on any atom is -0.334 e. The van der Waals surface area contributed by atoms with E-state index in [1.807, 2.05) is 11.8 Å². The van der Waals surface area contributed by atoms with Gasteiger partial charge in [-0.2, -0.15) is 5.10 Å². The summed E-state index contributed by atoms with van der Waals surface area (Å²) < 4.78 is 1.54. The zero-order valence-electron chi connectivity index (χ0n) is 12.6. The van der Waals surface area contributed by atoms with Gasteiger partial charge in [0.15, 0.2) is 5.82 Å². The summed E-state index contributed by atoms with van der Waals surface area (Å²) in [5, 5.41) is 4.04. The van der Waals surface area contributed by atoms with Crippen molar-refractivity contribution in [1.82, 2.24) is 24.6 Å². The Bertz CT molecular complexity index is 639. The second-order valence-corrected chi connectivity index (χ2v) is 5.66. The molecule has 0 saturated carbocycles. The maximum Gasteiger partial charge on any atom is 0.254 e. The molecule has 2 unspecified atom stereocenters. The Morgan fingerprint density at radius 3 is 3.05 bits per heavy atom. The van der Waals surface area contributed by atoms with Crippen molar-refractivity contribution in [1.29, 1.82) is 0 Å². The van der Waals surface area contributed by atoms with Gasteiger partial charge < -0.3 is 10.6 Å². The number of pyridine rings is 1. The predicted molar refractivity (Wildman–Crippen MR) is 81.5 cm³/mol. The number of aromatic nitrogens is 4. The number of likely N-dealkylation sites (tertiary alicyclic amines) is 1. The summed E-state index contributed by atoms with van der Waals surface area (Å²) >= 11 is 0. The fraction of sp³-hybridized carbons (Fsp3) is 0.467. The van der Waals surface area contributed by atoms with E-state index in [-0.39, 0.29) is 18.0 Å². The molecule has 1 saturated heterocycles. The number of rotatable bonds is 3. The number of hydrogen-bond acceptors (Lipinski definition) is 5. The number of carbonyl (C=O) groups is 1. The molecule has 1 aliphatic heterocycles. The van der Waals surface area contributed by atoms with Gasteiger partial charge in [-0.3, -0.25) is 4.79 Å². The average Bonchev–Trinajstić information content (AvgIpc) is 3.09. The molecule has 1 amide bonds. The highest BCUT2D eigenvalue weighted by Gasteiger charge is 2.30. The third-order valence-electron chi connectivity index (χ3n) is 4.06. The summed E-state index contributed by atoms with van der Waals surface area (Å²) in [7, 11) is 0. The standard InChI is InChI=1S/C15H20N6O/c1-11(16)13-4-2-3-7-20(13)15(22)12-5-6-18-14(8-12)21-10-17-9-19-21/h5-6,8-11,13H,2-4,7,16H2,1H3. The highest BCUT2D eigenvalue weighted by molar-refractivity contribution is 5.94. The van der Waals surface area contributed by atoms with Gasteiger partial charge in [-0.15, -0.1) is 0 Å². The highest BCUT2D eigenvalue weighted by Crippen LogP contribution is 2.21. The van der Waals surface area contributed by atoms with Crippen LogP contribution in [0.1, 0.15) is 36.5 Å². The van der Waals surface area contributed by atoms with Crippen LogP contribution in [0, 0.1) is 0 Å². The van der Waals surface area contributed by atoms with Gasteiger partial charge in [-0.1, -0.05) is 0 Å². The topological polar surface area (TPSA) is 89.9 Å². The van der Waals surface area contributed by atoms with Crippen LogP contribution in [-0.4, -0.2) is 49.2 Å². The van der Waals surface area contributed by atoms with Crippen molar-refractivity contribution in [3.05, 3.63) is 36.5 Å². The third-order valence-corrected chi connectivity index (χ3v) is 4.06. The first-order valence-corrected chi connectivity index (χ1v) is 7.54. The second-order valence-electron chi connectivity index (χ2n) is 5.66. The number of carbonyl (C=O) groups excluding carboxylic acids is 1. The summed E-state index contributed by atoms with van der Waals surface area (Å²) in [6.07, 6.45) is 7.72. The fourth-order valence-electron chi connectivity index (χ4n) is 2.93. The van der Waals surface area contributed by atoms with Crippen LogP contribution in [0.3, 0.4) is 0 Å². The number of nitrogens with zero attached hydrogens (tertiary/aromatic N) is 5. The lowest BCUT2D eigenvalue weighted by molar-refractivity contribution is 0.0583. The first-order valence-electron chi connectivity index (χ1n) is 7.54. The van der Waals surface area contributed by atoms with Crippen LogP contribution < -0.4 is 5.73 Å². The molecular formula is C15H20N6O. The molecule has 0 spiro atoms. The first kappa shape index (κ1) is 14.6. The van der Waals surface area contributed by atoms with Crippen molar-refractivity contribution in [2.75, 3.05) is 6.54 Å². The largest absolute Gasteiger partial charge is 0.334 e. The van der Waals surface area contributed by atoms with Crippen molar-refractivity contribution in [2.24, 2.45) is 5.73 Å². The number of amides is 1. The van der Waals surface area contributed by atoms with E-state index in [2.05, 4.69) is 15.1 Å². The Labute approximate surface area is 129 Å². The number of piperidine rings is 1. The fourth-order valence-corrected chi connectivity index (χ4v) is 2.93. The van der Waals surface area contributed by atoms with Gasteiger partial charge >= 0.3 is 0 Å². The van der Waals surface area contributed by atoms with E-state index in [1.165, 1.54) is 11.0 Å². The molecule has 116 valence electrons. The molecule has 0 aliphatic carbocycles. The van der Waals surface area contributed by atoms with E-state index in [1.54, 1.807) is 24.7 Å². The molecule has 1 aliphatic rings. The predicted octanol–water partition coefficient (Wildman–Crippen LogP) is 1.00. The molecule has 3 rings (SSSR count). The molecule has 22 heavy (non-hydrogen) atoms. The number of nitrogens with two attached hydrogens (primary N) is 1. The number of hydrogen-bond donors (Lipinski definition) is 1. The first-order chi connectivity index (χ1) is 10.7. The molecule has 1 fully saturated rings. The van der Waals surface area contributed by atoms with Gasteiger partial charge in [0.2, 0.25) is 0 Å². The van der Waals surface area contributed by atoms with Gasteiger partial charge in [0, 0.05) is 30.4 Å². The van der Waals surface area contributed by atoms with Crippen LogP contribution in [0.15, 0.2) is 31.0 Å². The van der Waals surface area contributed by atoms with Gasteiger partial charge in [0.25, 0.3) is 5.91 Å². The summed E-state index contributed by atoms with van der Waals surface area (Å²) in [6, 6.07) is 3.55. The van der Waals surface area contributed by atoms with Gasteiger partial charge in [0.05, 0.1) is 0 Å². The lowest BCUT2D eigenvalue weighted by Crippen LogP contribution is -2.51. The van der Waals surface area contributed by atoms with Crippen molar-refractivity contribution in [3.63, 3.8) is 0 Å². The molecule has 3 heterocycles. The molecular weight excluding hydrogens is 280 g/mol. The van der Waals surface area contributed by atoms with Crippen molar-refractivity contribution in [3.8, 4) is 5.82 Å². The van der Waals surface area contributed by atoms with Crippen LogP contribution >= 0.6 is 0 Å². The SMILES string of the molecule is CC(N)C1CCCCN1C(=O)c1ccnc(-n2cncn2)c1. The normalized spacial score (nSPS) is 19.9. The molecule has 7 nitrogen and oxygen atoms in total. The molecule has 2 atom stereocenters. The zero-order valence-corrected chi connectivity index (χ0v) is 12.6. The smallest absolute Gasteiger partial charge is 0.254 e. The van der Waals surface area contributed by atoms with Crippen LogP contribution in [0.5, 0.6) is 0 Å². The minimum atomic E-state index is -0.0270. The summed E-state index contributed by atoms with van der Waals surface area (Å²) in [5.74, 6) is 0.587. The minimum absolute atomic E-state index is 0.00534. The third kappa shape index (κ3) is 2.85. The molecule has 0 bridgehead atoms. The van der Waals surface area contributed by atoms with E-state index in [0.29, 0.717) is 11.4 Å². The molecule has 2 aromatic heterocycles. The van der Waals surface area contributed by atoms with E-state index in [0.717, 1.165) is 25.8 Å². The van der Waals surface area contributed by atoms with E-state index >= 15 is 0 Å². The van der Waals surface area contributed by atoms with Gasteiger partial charge in [-0.25, -0.2) is 14.6 Å². The molecule has 2 N–H and O–H groups in total. The summed E-state index contributed by atoms with van der Waals surface area (Å²) in [4.78, 5) is 22.9. The van der Waals surface area contributed by atoms with E-state index in [4.69, 9.17) is 5.73 Å². The van der Waals surface area contributed by atoms with Crippen molar-refractivity contribution < 1.29 is 4.79 Å². The Morgan fingerprint density at radius 1 is 1.45 bits per heavy atom. The maximum atomic E-state index is 12.8. The van der Waals surface area contributed by atoms with Crippen molar-refractivity contribution in [2.45, 2.75) is 38.3 Å². The molecule has 0 aromatic carbocycles. The Hall–Kier alpha value is -2.28. The molecule has 7 heteroatoms. The highest BCUT2D eigenvalue weighted by atomic mass is 16.2. The molecule has 2 aromatic rings. The quantitative estimate of drug-likeness (QED) is 0.913. The van der Waals surface area contributed by atoms with Crippen molar-refractivity contribution >= 4 is 5.91 Å². The van der Waals surface area contributed by atoms with Crippen LogP contribution in [0.2, 0.25) is 0 Å². The van der Waals surface area contributed by atoms with Crippen LogP contribution in [0.25, 0.3) is 5.82 Å². The van der Waals surface area contributed by atoms with Gasteiger partial charge in [-0.05, 0) is 38.3 Å². The molecule has 0 radical (unpaired) electrons.